The lowest BCUT2D eigenvalue weighted by atomic mass is 10.2. The molecule has 0 heterocycles. The average Bonchev–Trinajstić information content (AvgIpc) is 2.29. The quantitative estimate of drug-likeness (QED) is 0.627. The highest BCUT2D eigenvalue weighted by Gasteiger charge is 2.53. The van der Waals surface area contributed by atoms with E-state index in [0.29, 0.717) is 19.8 Å². The Bertz CT molecular complexity index is 247. The van der Waals surface area contributed by atoms with Crippen LogP contribution in [0.1, 0.15) is 47.5 Å². The number of carbonyl (C=O) groups is 1. The van der Waals surface area contributed by atoms with Crippen molar-refractivity contribution in [3.05, 3.63) is 0 Å². The van der Waals surface area contributed by atoms with Gasteiger partial charge in [-0.3, -0.25) is 4.57 Å². The number of rotatable bonds is 10. The number of hydrogen-bond acceptors (Lipinski definition) is 4. The van der Waals surface area contributed by atoms with E-state index in [1.807, 2.05) is 34.6 Å². The van der Waals surface area contributed by atoms with Gasteiger partial charge in [-0.2, -0.15) is 0 Å². The molecular weight excluding hydrogens is 266 g/mol. The van der Waals surface area contributed by atoms with Gasteiger partial charge < -0.3 is 18.4 Å². The third-order valence-corrected chi connectivity index (χ3v) is 5.81. The van der Waals surface area contributed by atoms with E-state index in [2.05, 4.69) is 0 Å². The smallest absolute Gasteiger partial charge is 0.465 e. The van der Waals surface area contributed by atoms with Gasteiger partial charge >= 0.3 is 15.1 Å². The van der Waals surface area contributed by atoms with Crippen molar-refractivity contribution in [3.8, 4) is 0 Å². The van der Waals surface area contributed by atoms with E-state index in [1.165, 1.54) is 4.57 Å². The van der Waals surface area contributed by atoms with Crippen LogP contribution in [0.15, 0.2) is 0 Å². The van der Waals surface area contributed by atoms with E-state index < -0.39 is 15.1 Å². The highest BCUT2D eigenvalue weighted by Crippen LogP contribution is 2.21. The SMILES string of the molecule is CCCC(C)N(C(=O)O)[Si](OCC)(OCC)OCC. The number of hydrogen-bond donors (Lipinski definition) is 1. The summed E-state index contributed by atoms with van der Waals surface area (Å²) < 4.78 is 18.2. The minimum atomic E-state index is -3.35. The predicted molar refractivity (Wildman–Crippen MR) is 74.9 cm³/mol. The van der Waals surface area contributed by atoms with Crippen molar-refractivity contribution >= 4 is 15.1 Å². The summed E-state index contributed by atoms with van der Waals surface area (Å²) in [6.45, 7) is 10.4. The van der Waals surface area contributed by atoms with Crippen LogP contribution in [-0.2, 0) is 13.3 Å². The Hall–Kier alpha value is -0.633. The maximum Gasteiger partial charge on any atom is 0.638 e. The van der Waals surface area contributed by atoms with E-state index in [9.17, 15) is 9.90 Å². The fourth-order valence-corrected chi connectivity index (χ4v) is 4.67. The van der Waals surface area contributed by atoms with E-state index in [1.54, 1.807) is 0 Å². The number of nitrogens with zero attached hydrogens (tertiary/aromatic N) is 1. The van der Waals surface area contributed by atoms with Gasteiger partial charge in [0, 0.05) is 25.9 Å². The normalized spacial score (nSPS) is 13.3. The second-order valence-electron chi connectivity index (χ2n) is 4.11. The molecular formula is C12H27NO5Si. The standard InChI is InChI=1S/C12H27NO5Si/c1-6-10-11(5)13(12(14)15)19(16-7-2,17-8-3)18-9-4/h11H,6-10H2,1-5H3,(H,14,15). The van der Waals surface area contributed by atoms with Crippen LogP contribution in [0, 0.1) is 0 Å². The molecule has 1 N–H and O–H groups in total. The zero-order valence-electron chi connectivity index (χ0n) is 12.6. The Morgan fingerprint density at radius 3 is 1.79 bits per heavy atom. The van der Waals surface area contributed by atoms with Crippen LogP contribution in [0.4, 0.5) is 4.79 Å². The molecule has 6 nitrogen and oxygen atoms in total. The summed E-state index contributed by atoms with van der Waals surface area (Å²) in [4.78, 5) is 11.6. The fraction of sp³-hybridized carbons (Fsp3) is 0.917. The molecule has 0 aromatic heterocycles. The minimum absolute atomic E-state index is 0.196. The first-order valence-electron chi connectivity index (χ1n) is 6.93. The molecule has 1 atom stereocenters. The Morgan fingerprint density at radius 2 is 1.53 bits per heavy atom. The Morgan fingerprint density at radius 1 is 1.11 bits per heavy atom. The molecule has 0 saturated carbocycles. The largest absolute Gasteiger partial charge is 0.638 e. The molecule has 0 fully saturated rings. The van der Waals surface area contributed by atoms with E-state index >= 15 is 0 Å². The molecule has 0 rings (SSSR count). The zero-order chi connectivity index (χ0) is 14.9. The van der Waals surface area contributed by atoms with Gasteiger partial charge in [0.15, 0.2) is 0 Å². The monoisotopic (exact) mass is 293 g/mol. The van der Waals surface area contributed by atoms with Crippen LogP contribution in [0.5, 0.6) is 0 Å². The highest BCUT2D eigenvalue weighted by atomic mass is 28.4. The van der Waals surface area contributed by atoms with E-state index in [4.69, 9.17) is 13.3 Å². The topological polar surface area (TPSA) is 68.2 Å². The molecule has 1 amide bonds. The van der Waals surface area contributed by atoms with Crippen molar-refractivity contribution in [2.24, 2.45) is 0 Å². The maximum absolute atomic E-state index is 11.6. The molecule has 1 unspecified atom stereocenters. The van der Waals surface area contributed by atoms with Crippen LogP contribution in [-0.4, -0.2) is 50.6 Å². The van der Waals surface area contributed by atoms with Gasteiger partial charge in [0.1, 0.15) is 0 Å². The Labute approximate surface area is 117 Å². The molecule has 0 aliphatic carbocycles. The molecule has 7 heteroatoms. The number of amides is 1. The van der Waals surface area contributed by atoms with Crippen LogP contribution >= 0.6 is 0 Å². The van der Waals surface area contributed by atoms with Crippen LogP contribution in [0.2, 0.25) is 0 Å². The Balaban J connectivity index is 5.36. The van der Waals surface area contributed by atoms with Crippen LogP contribution < -0.4 is 0 Å². The molecule has 0 radical (unpaired) electrons. The molecule has 0 spiro atoms. The molecule has 0 saturated heterocycles. The first-order chi connectivity index (χ1) is 8.98. The molecule has 0 aromatic rings. The maximum atomic E-state index is 11.6. The lowest BCUT2D eigenvalue weighted by molar-refractivity contribution is 0.00981. The molecule has 0 aliphatic heterocycles. The third-order valence-electron chi connectivity index (χ3n) is 2.63. The molecule has 0 aliphatic rings. The van der Waals surface area contributed by atoms with Gasteiger partial charge in [-0.15, -0.1) is 0 Å². The summed E-state index contributed by atoms with van der Waals surface area (Å²) in [5.41, 5.74) is 0. The van der Waals surface area contributed by atoms with Gasteiger partial charge in [-0.1, -0.05) is 13.3 Å². The molecule has 114 valence electrons. The third kappa shape index (κ3) is 5.10. The average molecular weight is 293 g/mol. The molecule has 19 heavy (non-hydrogen) atoms. The van der Waals surface area contributed by atoms with Crippen molar-refractivity contribution in [2.45, 2.75) is 53.5 Å². The fourth-order valence-electron chi connectivity index (χ4n) is 2.00. The van der Waals surface area contributed by atoms with Crippen molar-refractivity contribution in [1.82, 2.24) is 4.57 Å². The summed E-state index contributed by atoms with van der Waals surface area (Å²) in [5, 5.41) is 9.51. The van der Waals surface area contributed by atoms with Gasteiger partial charge in [0.2, 0.25) is 0 Å². The Kier molecular flexibility index (Phi) is 8.99. The summed E-state index contributed by atoms with van der Waals surface area (Å²) in [6, 6.07) is -0.196. The lowest BCUT2D eigenvalue weighted by Crippen LogP contribution is -2.65. The van der Waals surface area contributed by atoms with Gasteiger partial charge in [-0.05, 0) is 34.1 Å². The van der Waals surface area contributed by atoms with Gasteiger partial charge in [-0.25, -0.2) is 4.79 Å². The predicted octanol–water partition coefficient (Wildman–Crippen LogP) is 2.70. The van der Waals surface area contributed by atoms with Crippen molar-refractivity contribution < 1.29 is 23.2 Å². The summed E-state index contributed by atoms with van der Waals surface area (Å²) in [6.07, 6.45) is 0.580. The summed E-state index contributed by atoms with van der Waals surface area (Å²) in [5.74, 6) is 0. The number of carboxylic acid groups (broad SMARTS) is 1. The first kappa shape index (κ1) is 18.4. The highest BCUT2D eigenvalue weighted by molar-refractivity contribution is 6.60. The summed E-state index contributed by atoms with van der Waals surface area (Å²) in [7, 11) is -3.35. The molecule has 0 aromatic carbocycles. The van der Waals surface area contributed by atoms with Crippen molar-refractivity contribution in [1.29, 1.82) is 0 Å². The second kappa shape index (κ2) is 9.30. The van der Waals surface area contributed by atoms with E-state index in [0.717, 1.165) is 12.8 Å². The second-order valence-corrected chi connectivity index (χ2v) is 6.51. The zero-order valence-corrected chi connectivity index (χ0v) is 13.6. The molecule has 0 bridgehead atoms. The van der Waals surface area contributed by atoms with Gasteiger partial charge in [0.25, 0.3) is 0 Å². The van der Waals surface area contributed by atoms with Crippen LogP contribution in [0.3, 0.4) is 0 Å². The summed E-state index contributed by atoms with van der Waals surface area (Å²) >= 11 is 0. The minimum Gasteiger partial charge on any atom is -0.465 e. The first-order valence-corrected chi connectivity index (χ1v) is 8.60. The van der Waals surface area contributed by atoms with Crippen molar-refractivity contribution in [2.75, 3.05) is 19.8 Å². The lowest BCUT2D eigenvalue weighted by Gasteiger charge is -2.39. The van der Waals surface area contributed by atoms with E-state index in [-0.39, 0.29) is 6.04 Å². The van der Waals surface area contributed by atoms with Crippen molar-refractivity contribution in [3.63, 3.8) is 0 Å². The van der Waals surface area contributed by atoms with Gasteiger partial charge in [0.05, 0.1) is 0 Å². The van der Waals surface area contributed by atoms with Crippen LogP contribution in [0.25, 0.3) is 0 Å².